The molecule has 4 N–H and O–H groups in total. The molecule has 1 aromatic heterocycles. The molecule has 0 radical (unpaired) electrons. The Morgan fingerprint density at radius 1 is 0.902 bits per heavy atom. The maximum atomic E-state index is 14.3. The van der Waals surface area contributed by atoms with Crippen LogP contribution in [0.15, 0.2) is 48.5 Å². The van der Waals surface area contributed by atoms with E-state index in [9.17, 15) is 39.9 Å². The minimum Gasteiger partial charge on any atom is -0.493 e. The number of ether oxygens (including phenoxy) is 2. The summed E-state index contributed by atoms with van der Waals surface area (Å²) < 4.78 is 123. The van der Waals surface area contributed by atoms with Crippen LogP contribution in [0.4, 0.5) is 35.1 Å². The minimum absolute atomic E-state index is 0.00314. The average molecular weight is 613 g/mol. The Morgan fingerprint density at radius 3 is 2.12 bits per heavy atom. The quantitative estimate of drug-likeness (QED) is 0.157. The molecule has 0 saturated carbocycles. The van der Waals surface area contributed by atoms with Crippen LogP contribution in [0.3, 0.4) is 0 Å². The molecule has 226 valence electrons. The Kier molecular flexibility index (Phi) is 9.92. The monoisotopic (exact) mass is 612 g/mol. The zero-order valence-corrected chi connectivity index (χ0v) is 22.6. The Bertz CT molecular complexity index is 1350. The summed E-state index contributed by atoms with van der Waals surface area (Å²) in [5.41, 5.74) is 12.3. The van der Waals surface area contributed by atoms with Crippen LogP contribution in [0.25, 0.3) is 20.5 Å². The van der Waals surface area contributed by atoms with E-state index in [0.29, 0.717) is 4.70 Å². The number of aryl methyl sites for hydroxylation is 1. The van der Waals surface area contributed by atoms with Crippen molar-refractivity contribution in [2.75, 3.05) is 19.8 Å². The maximum absolute atomic E-state index is 14.3. The lowest BCUT2D eigenvalue weighted by molar-refractivity contribution is -0.369. The van der Waals surface area contributed by atoms with Crippen molar-refractivity contribution in [2.24, 2.45) is 11.5 Å². The van der Waals surface area contributed by atoms with Gasteiger partial charge in [0.25, 0.3) is 0 Å². The standard InChI is InChI=1S/C27H28F8N2O3S/c1-2-16-5-3-4-6-19(16)22-13-17-7-8-18(14-21(17)41-22)39-11-9-24(28,29)26(32,33)27(34,35)25(30,31)10-12-40-23(38)20(37)15-36/h3-8,13-14,20H,2,9-12,15,36-37H2,1H3. The van der Waals surface area contributed by atoms with Crippen molar-refractivity contribution in [3.8, 4) is 16.2 Å². The molecule has 0 aliphatic heterocycles. The summed E-state index contributed by atoms with van der Waals surface area (Å²) in [6.07, 6.45) is -3.35. The molecule has 0 fully saturated rings. The fraction of sp³-hybridized carbons (Fsp3) is 0.444. The molecule has 0 aliphatic carbocycles. The van der Waals surface area contributed by atoms with E-state index in [-0.39, 0.29) is 5.75 Å². The minimum atomic E-state index is -6.49. The Balaban J connectivity index is 1.66. The maximum Gasteiger partial charge on any atom is 0.378 e. The van der Waals surface area contributed by atoms with Crippen LogP contribution in [-0.4, -0.2) is 55.5 Å². The predicted octanol–water partition coefficient (Wildman–Crippen LogP) is 6.66. The van der Waals surface area contributed by atoms with Crippen LogP contribution in [0.5, 0.6) is 5.75 Å². The topological polar surface area (TPSA) is 87.6 Å². The number of esters is 1. The Hall–Kier alpha value is -2.97. The van der Waals surface area contributed by atoms with Gasteiger partial charge in [-0.1, -0.05) is 31.2 Å². The van der Waals surface area contributed by atoms with Gasteiger partial charge in [-0.05, 0) is 47.2 Å². The summed E-state index contributed by atoms with van der Waals surface area (Å²) in [6.45, 7) is -1.10. The van der Waals surface area contributed by atoms with Gasteiger partial charge in [0.1, 0.15) is 11.8 Å². The molecule has 1 unspecified atom stereocenters. The highest BCUT2D eigenvalue weighted by molar-refractivity contribution is 7.22. The lowest BCUT2D eigenvalue weighted by atomic mass is 9.95. The first-order valence-corrected chi connectivity index (χ1v) is 13.3. The molecular formula is C27H28F8N2O3S. The second kappa shape index (κ2) is 12.5. The number of benzene rings is 2. The molecule has 3 rings (SSSR count). The number of alkyl halides is 8. The zero-order valence-electron chi connectivity index (χ0n) is 21.8. The van der Waals surface area contributed by atoms with Crippen LogP contribution in [0, 0.1) is 0 Å². The Labute approximate surface area is 234 Å². The van der Waals surface area contributed by atoms with E-state index in [4.69, 9.17) is 16.2 Å². The number of hydrogen-bond acceptors (Lipinski definition) is 6. The first-order chi connectivity index (χ1) is 19.1. The highest BCUT2D eigenvalue weighted by Gasteiger charge is 2.79. The van der Waals surface area contributed by atoms with Crippen molar-refractivity contribution in [2.45, 2.75) is 55.9 Å². The number of fused-ring (bicyclic) bond motifs is 1. The van der Waals surface area contributed by atoms with Crippen molar-refractivity contribution < 1.29 is 49.4 Å². The van der Waals surface area contributed by atoms with Crippen LogP contribution in [0.2, 0.25) is 0 Å². The number of nitrogens with two attached hydrogens (primary N) is 2. The molecule has 0 spiro atoms. The summed E-state index contributed by atoms with van der Waals surface area (Å²) in [4.78, 5) is 12.3. The summed E-state index contributed by atoms with van der Waals surface area (Å²) in [7, 11) is 0. The van der Waals surface area contributed by atoms with Gasteiger partial charge in [-0.3, -0.25) is 4.79 Å². The first-order valence-electron chi connectivity index (χ1n) is 12.5. The molecule has 1 heterocycles. The van der Waals surface area contributed by atoms with Gasteiger partial charge < -0.3 is 20.9 Å². The Morgan fingerprint density at radius 2 is 1.51 bits per heavy atom. The molecule has 1 atom stereocenters. The van der Waals surface area contributed by atoms with Crippen molar-refractivity contribution in [3.63, 3.8) is 0 Å². The number of rotatable bonds is 14. The van der Waals surface area contributed by atoms with E-state index in [1.165, 1.54) is 23.5 Å². The average Bonchev–Trinajstić information content (AvgIpc) is 3.35. The van der Waals surface area contributed by atoms with Gasteiger partial charge in [0.15, 0.2) is 0 Å². The number of thiophene rings is 1. The van der Waals surface area contributed by atoms with Crippen molar-refractivity contribution in [3.05, 3.63) is 54.1 Å². The molecule has 5 nitrogen and oxygen atoms in total. The lowest BCUT2D eigenvalue weighted by Gasteiger charge is -2.36. The van der Waals surface area contributed by atoms with Crippen LogP contribution < -0.4 is 16.2 Å². The van der Waals surface area contributed by atoms with E-state index in [2.05, 4.69) is 4.74 Å². The van der Waals surface area contributed by atoms with Gasteiger partial charge in [0.05, 0.1) is 26.1 Å². The molecule has 3 aromatic rings. The predicted molar refractivity (Wildman–Crippen MR) is 139 cm³/mol. The number of hydrogen-bond donors (Lipinski definition) is 2. The lowest BCUT2D eigenvalue weighted by Crippen LogP contribution is -2.62. The van der Waals surface area contributed by atoms with Crippen molar-refractivity contribution in [1.29, 1.82) is 0 Å². The third-order valence-corrected chi connectivity index (χ3v) is 7.50. The highest BCUT2D eigenvalue weighted by Crippen LogP contribution is 2.54. The third kappa shape index (κ3) is 6.75. The fourth-order valence-corrected chi connectivity index (χ4v) is 5.01. The smallest absolute Gasteiger partial charge is 0.378 e. The van der Waals surface area contributed by atoms with Gasteiger partial charge in [-0.25, -0.2) is 0 Å². The van der Waals surface area contributed by atoms with Gasteiger partial charge >= 0.3 is 29.7 Å². The molecule has 14 heteroatoms. The van der Waals surface area contributed by atoms with Gasteiger partial charge in [0, 0.05) is 16.1 Å². The molecule has 2 aromatic carbocycles. The van der Waals surface area contributed by atoms with Crippen LogP contribution in [-0.2, 0) is 16.0 Å². The number of carbonyl (C=O) groups excluding carboxylic acids is 1. The summed E-state index contributed by atoms with van der Waals surface area (Å²) in [6, 6.07) is 12.7. The second-order valence-electron chi connectivity index (χ2n) is 9.24. The number of carbonyl (C=O) groups is 1. The third-order valence-electron chi connectivity index (χ3n) is 6.37. The highest BCUT2D eigenvalue weighted by atomic mass is 32.1. The largest absolute Gasteiger partial charge is 0.493 e. The molecule has 0 amide bonds. The van der Waals surface area contributed by atoms with Gasteiger partial charge in [0.2, 0.25) is 0 Å². The van der Waals surface area contributed by atoms with Crippen molar-refractivity contribution >= 4 is 27.4 Å². The van der Waals surface area contributed by atoms with Crippen LogP contribution >= 0.6 is 11.3 Å². The molecule has 0 saturated heterocycles. The second-order valence-corrected chi connectivity index (χ2v) is 10.3. The first kappa shape index (κ1) is 32.5. The summed E-state index contributed by atoms with van der Waals surface area (Å²) >= 11 is 1.38. The fourth-order valence-electron chi connectivity index (χ4n) is 3.86. The number of halogens is 8. The molecule has 0 bridgehead atoms. The van der Waals surface area contributed by atoms with E-state index in [0.717, 1.165) is 27.8 Å². The van der Waals surface area contributed by atoms with E-state index in [1.807, 2.05) is 37.3 Å². The summed E-state index contributed by atoms with van der Waals surface area (Å²) in [5.74, 6) is -25.5. The summed E-state index contributed by atoms with van der Waals surface area (Å²) in [5, 5.41) is 0.803. The van der Waals surface area contributed by atoms with Crippen molar-refractivity contribution in [1.82, 2.24) is 0 Å². The van der Waals surface area contributed by atoms with Gasteiger partial charge in [-0.15, -0.1) is 11.3 Å². The van der Waals surface area contributed by atoms with E-state index >= 15 is 0 Å². The van der Waals surface area contributed by atoms with Gasteiger partial charge in [-0.2, -0.15) is 35.1 Å². The molecule has 0 aliphatic rings. The zero-order chi connectivity index (χ0) is 30.6. The molecule has 41 heavy (non-hydrogen) atoms. The van der Waals surface area contributed by atoms with Crippen LogP contribution in [0.1, 0.15) is 25.3 Å². The molecular weight excluding hydrogens is 584 g/mol. The van der Waals surface area contributed by atoms with E-state index < -0.39 is 68.3 Å². The SMILES string of the molecule is CCc1ccccc1-c1cc2ccc(OCCC(F)(F)C(F)(F)C(F)(F)C(F)(F)CCOC(=O)C(N)CN)cc2s1. The normalized spacial score (nSPS) is 13.8. The van der Waals surface area contributed by atoms with E-state index in [1.54, 1.807) is 6.07 Å².